The van der Waals surface area contributed by atoms with E-state index in [-0.39, 0.29) is 5.54 Å². The second kappa shape index (κ2) is 6.12. The zero-order valence-corrected chi connectivity index (χ0v) is 11.9. The van der Waals surface area contributed by atoms with Crippen LogP contribution in [0.3, 0.4) is 0 Å². The minimum Gasteiger partial charge on any atom is -0.469 e. The third kappa shape index (κ3) is 6.38. The molecule has 0 unspecified atom stereocenters. The third-order valence-corrected chi connectivity index (χ3v) is 2.81. The number of aromatic nitrogens is 2. The summed E-state index contributed by atoms with van der Waals surface area (Å²) in [6, 6.07) is 0. The standard InChI is InChI=1S/C12H21N3OS/c1-9(2)6-7-16-11-15-14-10(17-11)8-13-12(3,4)5/h13H,1,6-8H2,2-5H3. The van der Waals surface area contributed by atoms with E-state index in [0.717, 1.165) is 23.5 Å². The average molecular weight is 255 g/mol. The Morgan fingerprint density at radius 2 is 2.12 bits per heavy atom. The molecule has 0 aromatic carbocycles. The van der Waals surface area contributed by atoms with E-state index in [1.807, 2.05) is 6.92 Å². The first-order valence-electron chi connectivity index (χ1n) is 5.71. The van der Waals surface area contributed by atoms with Crippen LogP contribution in [0.4, 0.5) is 0 Å². The normalized spacial score (nSPS) is 11.5. The second-order valence-corrected chi connectivity index (χ2v) is 6.15. The van der Waals surface area contributed by atoms with Gasteiger partial charge in [-0.2, -0.15) is 0 Å². The van der Waals surface area contributed by atoms with Crippen LogP contribution in [0, 0.1) is 0 Å². The molecule has 0 bridgehead atoms. The lowest BCUT2D eigenvalue weighted by Gasteiger charge is -2.19. The molecule has 0 aliphatic heterocycles. The summed E-state index contributed by atoms with van der Waals surface area (Å²) in [5.74, 6) is 0. The van der Waals surface area contributed by atoms with Crippen LogP contribution in [0.5, 0.6) is 5.19 Å². The fourth-order valence-electron chi connectivity index (χ4n) is 1.02. The van der Waals surface area contributed by atoms with Crippen molar-refractivity contribution in [1.29, 1.82) is 0 Å². The maximum Gasteiger partial charge on any atom is 0.294 e. The van der Waals surface area contributed by atoms with Crippen molar-refractivity contribution in [3.05, 3.63) is 17.2 Å². The molecule has 1 aromatic heterocycles. The molecule has 0 saturated heterocycles. The minimum absolute atomic E-state index is 0.0899. The van der Waals surface area contributed by atoms with Gasteiger partial charge in [-0.3, -0.25) is 0 Å². The third-order valence-electron chi connectivity index (χ3n) is 1.97. The predicted octanol–water partition coefficient (Wildman–Crippen LogP) is 2.77. The fraction of sp³-hybridized carbons (Fsp3) is 0.667. The Kier molecular flexibility index (Phi) is 5.08. The van der Waals surface area contributed by atoms with Gasteiger partial charge >= 0.3 is 0 Å². The van der Waals surface area contributed by atoms with Gasteiger partial charge in [0.25, 0.3) is 5.19 Å². The Labute approximate surface area is 107 Å². The van der Waals surface area contributed by atoms with E-state index in [2.05, 4.69) is 42.9 Å². The monoisotopic (exact) mass is 255 g/mol. The topological polar surface area (TPSA) is 47.0 Å². The van der Waals surface area contributed by atoms with Crippen LogP contribution in [-0.4, -0.2) is 22.3 Å². The van der Waals surface area contributed by atoms with E-state index >= 15 is 0 Å². The maximum absolute atomic E-state index is 5.49. The molecule has 0 atom stereocenters. The van der Waals surface area contributed by atoms with Crippen molar-refractivity contribution in [2.45, 2.75) is 46.2 Å². The van der Waals surface area contributed by atoms with Crippen LogP contribution < -0.4 is 10.1 Å². The van der Waals surface area contributed by atoms with E-state index in [1.165, 1.54) is 11.3 Å². The van der Waals surface area contributed by atoms with Crippen molar-refractivity contribution >= 4 is 11.3 Å². The molecule has 0 aliphatic carbocycles. The molecule has 1 rings (SSSR count). The first-order chi connectivity index (χ1) is 7.87. The van der Waals surface area contributed by atoms with Crippen LogP contribution in [0.1, 0.15) is 39.1 Å². The summed E-state index contributed by atoms with van der Waals surface area (Å²) in [6.07, 6.45) is 0.856. The minimum atomic E-state index is 0.0899. The molecule has 17 heavy (non-hydrogen) atoms. The zero-order valence-electron chi connectivity index (χ0n) is 11.0. The van der Waals surface area contributed by atoms with Crippen molar-refractivity contribution in [3.63, 3.8) is 0 Å². The Hall–Kier alpha value is -0.940. The van der Waals surface area contributed by atoms with Gasteiger partial charge in [0, 0.05) is 12.0 Å². The molecule has 96 valence electrons. The molecule has 5 heteroatoms. The summed E-state index contributed by atoms with van der Waals surface area (Å²) in [7, 11) is 0. The fourth-order valence-corrected chi connectivity index (χ4v) is 1.67. The molecule has 4 nitrogen and oxygen atoms in total. The van der Waals surface area contributed by atoms with Gasteiger partial charge in [-0.25, -0.2) is 0 Å². The van der Waals surface area contributed by atoms with E-state index in [9.17, 15) is 0 Å². The summed E-state index contributed by atoms with van der Waals surface area (Å²) in [4.78, 5) is 0. The van der Waals surface area contributed by atoms with Crippen LogP contribution in [0.2, 0.25) is 0 Å². The quantitative estimate of drug-likeness (QED) is 0.794. The smallest absolute Gasteiger partial charge is 0.294 e. The van der Waals surface area contributed by atoms with Gasteiger partial charge in [-0.1, -0.05) is 16.9 Å². The summed E-state index contributed by atoms with van der Waals surface area (Å²) in [6.45, 7) is 13.5. The molecule has 0 saturated carbocycles. The molecule has 1 heterocycles. The highest BCUT2D eigenvalue weighted by Crippen LogP contribution is 2.18. The average Bonchev–Trinajstić information content (AvgIpc) is 2.61. The van der Waals surface area contributed by atoms with Crippen molar-refractivity contribution in [3.8, 4) is 5.19 Å². The van der Waals surface area contributed by atoms with E-state index in [0.29, 0.717) is 11.8 Å². The molecular formula is C12H21N3OS. The Morgan fingerprint density at radius 1 is 1.41 bits per heavy atom. The Morgan fingerprint density at radius 3 is 2.71 bits per heavy atom. The van der Waals surface area contributed by atoms with Crippen LogP contribution in [0.25, 0.3) is 0 Å². The highest BCUT2D eigenvalue weighted by Gasteiger charge is 2.11. The summed E-state index contributed by atoms with van der Waals surface area (Å²) < 4.78 is 5.49. The number of nitrogens with one attached hydrogen (secondary N) is 1. The molecule has 0 amide bonds. The van der Waals surface area contributed by atoms with Gasteiger partial charge in [0.15, 0.2) is 0 Å². The predicted molar refractivity (Wildman–Crippen MR) is 71.4 cm³/mol. The van der Waals surface area contributed by atoms with Crippen molar-refractivity contribution in [2.75, 3.05) is 6.61 Å². The van der Waals surface area contributed by atoms with Gasteiger partial charge in [-0.05, 0) is 27.7 Å². The highest BCUT2D eigenvalue weighted by molar-refractivity contribution is 7.13. The van der Waals surface area contributed by atoms with E-state index in [4.69, 9.17) is 4.74 Å². The highest BCUT2D eigenvalue weighted by atomic mass is 32.1. The molecule has 0 spiro atoms. The van der Waals surface area contributed by atoms with Gasteiger partial charge in [0.2, 0.25) is 0 Å². The molecule has 1 aromatic rings. The Balaban J connectivity index is 2.35. The lowest BCUT2D eigenvalue weighted by molar-refractivity contribution is 0.317. The van der Waals surface area contributed by atoms with Gasteiger partial charge < -0.3 is 10.1 Å². The number of rotatable bonds is 6. The summed E-state index contributed by atoms with van der Waals surface area (Å²) in [5.41, 5.74) is 1.20. The zero-order chi connectivity index (χ0) is 12.9. The Bertz CT molecular complexity index is 368. The summed E-state index contributed by atoms with van der Waals surface area (Å²) >= 11 is 1.49. The number of hydrogen-bond donors (Lipinski definition) is 1. The van der Waals surface area contributed by atoms with E-state index < -0.39 is 0 Å². The van der Waals surface area contributed by atoms with Gasteiger partial charge in [0.05, 0.1) is 13.2 Å². The molecule has 0 radical (unpaired) electrons. The molecule has 0 fully saturated rings. The number of ether oxygens (including phenoxy) is 1. The number of hydrogen-bond acceptors (Lipinski definition) is 5. The lowest BCUT2D eigenvalue weighted by Crippen LogP contribution is -2.35. The van der Waals surface area contributed by atoms with Gasteiger partial charge in [-0.15, -0.1) is 16.8 Å². The largest absolute Gasteiger partial charge is 0.469 e. The molecule has 1 N–H and O–H groups in total. The first kappa shape index (κ1) is 14.1. The maximum atomic E-state index is 5.49. The van der Waals surface area contributed by atoms with Gasteiger partial charge in [0.1, 0.15) is 5.01 Å². The molecular weight excluding hydrogens is 234 g/mol. The van der Waals surface area contributed by atoms with Crippen LogP contribution in [0.15, 0.2) is 12.2 Å². The lowest BCUT2D eigenvalue weighted by atomic mass is 10.1. The first-order valence-corrected chi connectivity index (χ1v) is 6.53. The SMILES string of the molecule is C=C(C)CCOc1nnc(CNC(C)(C)C)s1. The van der Waals surface area contributed by atoms with E-state index in [1.54, 1.807) is 0 Å². The molecule has 0 aliphatic rings. The second-order valence-electron chi connectivity index (χ2n) is 5.12. The van der Waals surface area contributed by atoms with Crippen molar-refractivity contribution in [2.24, 2.45) is 0 Å². The number of nitrogens with zero attached hydrogens (tertiary/aromatic N) is 2. The van der Waals surface area contributed by atoms with Crippen molar-refractivity contribution < 1.29 is 4.74 Å². The van der Waals surface area contributed by atoms with Crippen LogP contribution >= 0.6 is 11.3 Å². The van der Waals surface area contributed by atoms with Crippen molar-refractivity contribution in [1.82, 2.24) is 15.5 Å². The van der Waals surface area contributed by atoms with Crippen LogP contribution in [-0.2, 0) is 6.54 Å². The summed E-state index contributed by atoms with van der Waals surface area (Å²) in [5, 5.41) is 13.0.